The minimum absolute atomic E-state index is 0.110. The van der Waals surface area contributed by atoms with Gasteiger partial charge in [0.05, 0.1) is 6.20 Å². The van der Waals surface area contributed by atoms with Gasteiger partial charge in [0.25, 0.3) is 0 Å². The Morgan fingerprint density at radius 3 is 2.59 bits per heavy atom. The molecule has 0 aliphatic heterocycles. The molecular weight excluding hydrogens is 278 g/mol. The van der Waals surface area contributed by atoms with Gasteiger partial charge < -0.3 is 9.47 Å². The van der Waals surface area contributed by atoms with Crippen molar-refractivity contribution in [3.8, 4) is 0 Å². The first kappa shape index (κ1) is 16.3. The number of imidazole rings is 1. The fourth-order valence-corrected chi connectivity index (χ4v) is 2.63. The standard InChI is InChI=1S/C16H25N5O/c1-12(2)9-20(11-15-8-18-19(5)10-15)16(22)13(3)21-7-6-17-14(21)4/h6-8,10,12-13H,9,11H2,1-5H3/t13-/m0/s1. The molecule has 0 N–H and O–H groups in total. The average Bonchev–Trinajstić information content (AvgIpc) is 3.04. The van der Waals surface area contributed by atoms with Crippen LogP contribution in [-0.4, -0.2) is 36.7 Å². The maximum Gasteiger partial charge on any atom is 0.245 e. The van der Waals surface area contributed by atoms with Crippen molar-refractivity contribution in [3.05, 3.63) is 36.2 Å². The summed E-state index contributed by atoms with van der Waals surface area (Å²) in [6, 6.07) is -0.252. The third kappa shape index (κ3) is 3.75. The Bertz CT molecular complexity index is 628. The molecule has 6 nitrogen and oxygen atoms in total. The van der Waals surface area contributed by atoms with Gasteiger partial charge in [-0.15, -0.1) is 0 Å². The summed E-state index contributed by atoms with van der Waals surface area (Å²) in [4.78, 5) is 19.0. The number of rotatable bonds is 6. The Morgan fingerprint density at radius 1 is 1.36 bits per heavy atom. The molecule has 0 aliphatic rings. The van der Waals surface area contributed by atoms with Gasteiger partial charge in [0.15, 0.2) is 0 Å². The zero-order valence-corrected chi connectivity index (χ0v) is 14.0. The van der Waals surface area contributed by atoms with Crippen molar-refractivity contribution in [2.75, 3.05) is 6.54 Å². The van der Waals surface area contributed by atoms with Crippen LogP contribution < -0.4 is 0 Å². The number of carbonyl (C=O) groups excluding carboxylic acids is 1. The van der Waals surface area contributed by atoms with Crippen LogP contribution in [0.15, 0.2) is 24.8 Å². The lowest BCUT2D eigenvalue weighted by atomic mass is 10.1. The highest BCUT2D eigenvalue weighted by molar-refractivity contribution is 5.80. The molecule has 1 atom stereocenters. The Morgan fingerprint density at radius 2 is 2.09 bits per heavy atom. The average molecular weight is 303 g/mol. The monoisotopic (exact) mass is 303 g/mol. The van der Waals surface area contributed by atoms with Crippen molar-refractivity contribution < 1.29 is 4.79 Å². The second-order valence-electron chi connectivity index (χ2n) is 6.19. The Labute approximate surface area is 131 Å². The van der Waals surface area contributed by atoms with Crippen LogP contribution >= 0.6 is 0 Å². The highest BCUT2D eigenvalue weighted by Crippen LogP contribution is 2.16. The zero-order valence-electron chi connectivity index (χ0n) is 14.0. The first-order valence-corrected chi connectivity index (χ1v) is 7.64. The van der Waals surface area contributed by atoms with E-state index >= 15 is 0 Å². The molecule has 0 spiro atoms. The van der Waals surface area contributed by atoms with E-state index < -0.39 is 0 Å². The summed E-state index contributed by atoms with van der Waals surface area (Å²) in [6.07, 6.45) is 7.35. The smallest absolute Gasteiger partial charge is 0.245 e. The molecule has 2 aromatic rings. The SMILES string of the molecule is Cc1nccn1[C@@H](C)C(=O)N(Cc1cnn(C)c1)CC(C)C. The van der Waals surface area contributed by atoms with E-state index in [0.29, 0.717) is 12.5 Å². The third-order valence-electron chi connectivity index (χ3n) is 3.67. The molecule has 0 aromatic carbocycles. The van der Waals surface area contributed by atoms with Crippen molar-refractivity contribution in [1.29, 1.82) is 0 Å². The van der Waals surface area contributed by atoms with E-state index in [-0.39, 0.29) is 11.9 Å². The van der Waals surface area contributed by atoms with Gasteiger partial charge in [-0.1, -0.05) is 13.8 Å². The topological polar surface area (TPSA) is 56.0 Å². The van der Waals surface area contributed by atoms with Crippen LogP contribution in [0.5, 0.6) is 0 Å². The molecule has 2 aromatic heterocycles. The predicted octanol–water partition coefficient (Wildman–Crippen LogP) is 2.17. The van der Waals surface area contributed by atoms with Gasteiger partial charge in [-0.25, -0.2) is 4.98 Å². The van der Waals surface area contributed by atoms with Crippen molar-refractivity contribution in [2.24, 2.45) is 13.0 Å². The normalized spacial score (nSPS) is 12.6. The summed E-state index contributed by atoms with van der Waals surface area (Å²) in [5.74, 6) is 1.38. The minimum atomic E-state index is -0.252. The predicted molar refractivity (Wildman–Crippen MR) is 85.1 cm³/mol. The summed E-state index contributed by atoms with van der Waals surface area (Å²) < 4.78 is 3.68. The molecule has 2 rings (SSSR count). The van der Waals surface area contributed by atoms with Crippen LogP contribution in [0.1, 0.15) is 38.2 Å². The highest BCUT2D eigenvalue weighted by Gasteiger charge is 2.23. The molecule has 0 saturated heterocycles. The molecule has 0 saturated carbocycles. The summed E-state index contributed by atoms with van der Waals surface area (Å²) in [5.41, 5.74) is 1.05. The molecule has 2 heterocycles. The van der Waals surface area contributed by atoms with Crippen LogP contribution in [0.3, 0.4) is 0 Å². The van der Waals surface area contributed by atoms with E-state index in [4.69, 9.17) is 0 Å². The van der Waals surface area contributed by atoms with Crippen LogP contribution in [-0.2, 0) is 18.4 Å². The number of aromatic nitrogens is 4. The van der Waals surface area contributed by atoms with Crippen molar-refractivity contribution >= 4 is 5.91 Å². The largest absolute Gasteiger partial charge is 0.336 e. The van der Waals surface area contributed by atoms with E-state index in [2.05, 4.69) is 23.9 Å². The minimum Gasteiger partial charge on any atom is -0.336 e. The van der Waals surface area contributed by atoms with Gasteiger partial charge in [0.1, 0.15) is 11.9 Å². The van der Waals surface area contributed by atoms with E-state index in [1.807, 2.05) is 49.0 Å². The van der Waals surface area contributed by atoms with Crippen LogP contribution in [0, 0.1) is 12.8 Å². The first-order valence-electron chi connectivity index (χ1n) is 7.64. The fraction of sp³-hybridized carbons (Fsp3) is 0.562. The lowest BCUT2D eigenvalue weighted by molar-refractivity contribution is -0.135. The molecule has 22 heavy (non-hydrogen) atoms. The third-order valence-corrected chi connectivity index (χ3v) is 3.67. The van der Waals surface area contributed by atoms with Gasteiger partial charge in [0.2, 0.25) is 5.91 Å². The van der Waals surface area contributed by atoms with Gasteiger partial charge in [0, 0.05) is 44.3 Å². The summed E-state index contributed by atoms with van der Waals surface area (Å²) in [6.45, 7) is 9.40. The summed E-state index contributed by atoms with van der Waals surface area (Å²) in [5, 5.41) is 4.18. The summed E-state index contributed by atoms with van der Waals surface area (Å²) >= 11 is 0. The van der Waals surface area contributed by atoms with E-state index in [1.165, 1.54) is 0 Å². The van der Waals surface area contributed by atoms with Crippen molar-refractivity contribution in [1.82, 2.24) is 24.2 Å². The number of nitrogens with zero attached hydrogens (tertiary/aromatic N) is 5. The molecule has 0 unspecified atom stereocenters. The quantitative estimate of drug-likeness (QED) is 0.822. The molecule has 0 bridgehead atoms. The zero-order chi connectivity index (χ0) is 16.3. The lowest BCUT2D eigenvalue weighted by Gasteiger charge is -2.28. The molecule has 1 amide bonds. The van der Waals surface area contributed by atoms with E-state index in [1.54, 1.807) is 10.9 Å². The maximum atomic E-state index is 12.9. The number of amides is 1. The summed E-state index contributed by atoms with van der Waals surface area (Å²) in [7, 11) is 1.88. The number of aryl methyl sites for hydroxylation is 2. The van der Waals surface area contributed by atoms with Gasteiger partial charge >= 0.3 is 0 Å². The number of hydrogen-bond donors (Lipinski definition) is 0. The van der Waals surface area contributed by atoms with Crippen molar-refractivity contribution in [3.63, 3.8) is 0 Å². The van der Waals surface area contributed by atoms with E-state index in [0.717, 1.165) is 17.9 Å². The van der Waals surface area contributed by atoms with Gasteiger partial charge in [-0.2, -0.15) is 5.10 Å². The Kier molecular flexibility index (Phi) is 5.00. The van der Waals surface area contributed by atoms with E-state index in [9.17, 15) is 4.79 Å². The van der Waals surface area contributed by atoms with Crippen molar-refractivity contribution in [2.45, 2.75) is 40.3 Å². The molecule has 120 valence electrons. The van der Waals surface area contributed by atoms with Gasteiger partial charge in [-0.3, -0.25) is 9.48 Å². The van der Waals surface area contributed by atoms with Gasteiger partial charge in [-0.05, 0) is 19.8 Å². The number of hydrogen-bond acceptors (Lipinski definition) is 3. The van der Waals surface area contributed by atoms with Crippen LogP contribution in [0.4, 0.5) is 0 Å². The molecule has 0 aliphatic carbocycles. The maximum absolute atomic E-state index is 12.9. The molecular formula is C16H25N5O. The number of carbonyl (C=O) groups is 1. The van der Waals surface area contributed by atoms with Crippen LogP contribution in [0.25, 0.3) is 0 Å². The Balaban J connectivity index is 2.17. The Hall–Kier alpha value is -2.11. The van der Waals surface area contributed by atoms with Crippen LogP contribution in [0.2, 0.25) is 0 Å². The molecule has 0 fully saturated rings. The lowest BCUT2D eigenvalue weighted by Crippen LogP contribution is -2.38. The molecule has 0 radical (unpaired) electrons. The molecule has 6 heteroatoms. The highest BCUT2D eigenvalue weighted by atomic mass is 16.2. The second-order valence-corrected chi connectivity index (χ2v) is 6.19. The fourth-order valence-electron chi connectivity index (χ4n) is 2.63. The first-order chi connectivity index (χ1) is 10.4. The second kappa shape index (κ2) is 6.77.